The van der Waals surface area contributed by atoms with Crippen LogP contribution in [0.1, 0.15) is 30.3 Å². The average Bonchev–Trinajstić information content (AvgIpc) is 3.02. The van der Waals surface area contributed by atoms with E-state index in [0.29, 0.717) is 23.9 Å². The molecule has 2 aliphatic rings. The largest absolute Gasteiger partial charge is 0.480 e. The summed E-state index contributed by atoms with van der Waals surface area (Å²) in [7, 11) is 0. The van der Waals surface area contributed by atoms with Gasteiger partial charge in [0, 0.05) is 18.5 Å². The average molecular weight is 294 g/mol. The summed E-state index contributed by atoms with van der Waals surface area (Å²) in [5, 5.41) is 9.39. The van der Waals surface area contributed by atoms with Gasteiger partial charge in [0.15, 0.2) is 0 Å². The Kier molecular flexibility index (Phi) is 3.50. The molecule has 2 unspecified atom stereocenters. The number of carboxylic acid groups (broad SMARTS) is 1. The number of amides is 1. The molecule has 0 aromatic carbocycles. The van der Waals surface area contributed by atoms with Gasteiger partial charge < -0.3 is 14.6 Å². The van der Waals surface area contributed by atoms with E-state index in [0.717, 1.165) is 12.8 Å². The Morgan fingerprint density at radius 3 is 2.80 bits per heavy atom. The summed E-state index contributed by atoms with van der Waals surface area (Å²) < 4.78 is 1.87. The van der Waals surface area contributed by atoms with Crippen LogP contribution in [0.3, 0.4) is 0 Å². The summed E-state index contributed by atoms with van der Waals surface area (Å²) in [4.78, 5) is 25.8. The highest BCUT2D eigenvalue weighted by atomic mass is 32.2. The van der Waals surface area contributed by atoms with Gasteiger partial charge in [-0.1, -0.05) is 0 Å². The maximum absolute atomic E-state index is 12.8. The lowest BCUT2D eigenvalue weighted by Crippen LogP contribution is -2.46. The van der Waals surface area contributed by atoms with Crippen LogP contribution in [0.4, 0.5) is 0 Å². The van der Waals surface area contributed by atoms with E-state index < -0.39 is 12.0 Å². The highest BCUT2D eigenvalue weighted by Gasteiger charge is 2.48. The van der Waals surface area contributed by atoms with Gasteiger partial charge in [0.1, 0.15) is 11.7 Å². The molecule has 5 nitrogen and oxygen atoms in total. The van der Waals surface area contributed by atoms with Gasteiger partial charge in [0.2, 0.25) is 0 Å². The second-order valence-electron chi connectivity index (χ2n) is 5.31. The first-order chi connectivity index (χ1) is 9.63. The molecule has 1 aliphatic heterocycles. The molecule has 1 aromatic heterocycles. The minimum Gasteiger partial charge on any atom is -0.480 e. The number of hydrogen-bond acceptors (Lipinski definition) is 3. The van der Waals surface area contributed by atoms with Crippen LogP contribution in [-0.4, -0.2) is 43.6 Å². The molecule has 0 bridgehead atoms. The number of aryl methyl sites for hydroxylation is 1. The third-order valence-corrected chi connectivity index (χ3v) is 5.43. The number of carboxylic acids is 1. The molecular formula is C14H18N2O3S. The Labute approximate surface area is 121 Å². The molecule has 0 spiro atoms. The van der Waals surface area contributed by atoms with Gasteiger partial charge in [-0.25, -0.2) is 4.79 Å². The quantitative estimate of drug-likeness (QED) is 0.921. The van der Waals surface area contributed by atoms with Crippen molar-refractivity contribution in [1.82, 2.24) is 9.47 Å². The van der Waals surface area contributed by atoms with E-state index in [2.05, 4.69) is 0 Å². The van der Waals surface area contributed by atoms with E-state index in [-0.39, 0.29) is 11.3 Å². The van der Waals surface area contributed by atoms with Crippen LogP contribution in [0.5, 0.6) is 0 Å². The van der Waals surface area contributed by atoms with Crippen LogP contribution in [0.2, 0.25) is 0 Å². The maximum Gasteiger partial charge on any atom is 0.327 e. The molecule has 108 valence electrons. The van der Waals surface area contributed by atoms with E-state index in [1.165, 1.54) is 0 Å². The number of hydrogen-bond donors (Lipinski definition) is 1. The fourth-order valence-electron chi connectivity index (χ4n) is 2.74. The number of aliphatic carboxylic acids is 1. The molecule has 1 aliphatic carbocycles. The third kappa shape index (κ3) is 2.22. The molecule has 20 heavy (non-hydrogen) atoms. The van der Waals surface area contributed by atoms with Crippen molar-refractivity contribution in [1.29, 1.82) is 0 Å². The van der Waals surface area contributed by atoms with E-state index >= 15 is 0 Å². The molecule has 1 N–H and O–H groups in total. The van der Waals surface area contributed by atoms with Gasteiger partial charge in [0.05, 0.1) is 5.37 Å². The van der Waals surface area contributed by atoms with Crippen LogP contribution in [0.15, 0.2) is 18.3 Å². The van der Waals surface area contributed by atoms with Crippen molar-refractivity contribution in [3.05, 3.63) is 24.0 Å². The van der Waals surface area contributed by atoms with Gasteiger partial charge in [-0.2, -0.15) is 0 Å². The second-order valence-corrected chi connectivity index (χ2v) is 6.46. The molecule has 1 amide bonds. The zero-order valence-electron chi connectivity index (χ0n) is 11.4. The predicted molar refractivity (Wildman–Crippen MR) is 76.7 cm³/mol. The van der Waals surface area contributed by atoms with Gasteiger partial charge in [0.25, 0.3) is 5.91 Å². The van der Waals surface area contributed by atoms with Gasteiger partial charge in [-0.3, -0.25) is 4.79 Å². The highest BCUT2D eigenvalue weighted by molar-refractivity contribution is 8.00. The molecule has 1 saturated carbocycles. The molecule has 2 heterocycles. The van der Waals surface area contributed by atoms with Gasteiger partial charge in [-0.05, 0) is 37.8 Å². The predicted octanol–water partition coefficient (Wildman–Crippen LogP) is 1.89. The highest BCUT2D eigenvalue weighted by Crippen LogP contribution is 2.45. The van der Waals surface area contributed by atoms with Crippen LogP contribution < -0.4 is 0 Å². The van der Waals surface area contributed by atoms with Crippen LogP contribution in [0.25, 0.3) is 0 Å². The molecule has 6 heteroatoms. The first-order valence-corrected chi connectivity index (χ1v) is 8.00. The zero-order valence-corrected chi connectivity index (χ0v) is 12.2. The Hall–Kier alpha value is -1.43. The molecular weight excluding hydrogens is 276 g/mol. The first-order valence-electron chi connectivity index (χ1n) is 6.95. The minimum atomic E-state index is -0.899. The van der Waals surface area contributed by atoms with Crippen molar-refractivity contribution in [2.24, 2.45) is 5.92 Å². The second kappa shape index (κ2) is 5.16. The zero-order chi connectivity index (χ0) is 14.3. The number of carbonyl (C=O) groups excluding carboxylic acids is 1. The lowest BCUT2D eigenvalue weighted by Gasteiger charge is -2.27. The number of carbonyl (C=O) groups is 2. The summed E-state index contributed by atoms with van der Waals surface area (Å²) in [6.07, 6.45) is 4.06. The van der Waals surface area contributed by atoms with Crippen molar-refractivity contribution in [3.8, 4) is 0 Å². The first kappa shape index (κ1) is 13.5. The fraction of sp³-hybridized carbons (Fsp3) is 0.571. The summed E-state index contributed by atoms with van der Waals surface area (Å²) in [6.45, 7) is 2.68. The normalized spacial score (nSPS) is 25.9. The number of aromatic nitrogens is 1. The molecule has 1 saturated heterocycles. The van der Waals surface area contributed by atoms with E-state index in [9.17, 15) is 14.7 Å². The Bertz CT molecular complexity index is 538. The summed E-state index contributed by atoms with van der Waals surface area (Å²) in [5.41, 5.74) is 0.590. The van der Waals surface area contributed by atoms with Crippen molar-refractivity contribution in [2.75, 3.05) is 5.75 Å². The SMILES string of the molecule is CCn1cccc1C(=O)N1C(C(=O)O)CSC1C1CC1. The van der Waals surface area contributed by atoms with Crippen LogP contribution in [-0.2, 0) is 11.3 Å². The Morgan fingerprint density at radius 1 is 1.45 bits per heavy atom. The fourth-order valence-corrected chi connectivity index (χ4v) is 4.37. The molecule has 2 fully saturated rings. The van der Waals surface area contributed by atoms with E-state index in [1.807, 2.05) is 23.8 Å². The van der Waals surface area contributed by atoms with E-state index in [4.69, 9.17) is 0 Å². The summed E-state index contributed by atoms with van der Waals surface area (Å²) in [5.74, 6) is -0.0807. The van der Waals surface area contributed by atoms with Gasteiger partial charge in [-0.15, -0.1) is 11.8 Å². The van der Waals surface area contributed by atoms with E-state index in [1.54, 1.807) is 22.7 Å². The Morgan fingerprint density at radius 2 is 2.20 bits per heavy atom. The van der Waals surface area contributed by atoms with Crippen molar-refractivity contribution >= 4 is 23.6 Å². The summed E-state index contributed by atoms with van der Waals surface area (Å²) in [6, 6.07) is 2.91. The van der Waals surface area contributed by atoms with Gasteiger partial charge >= 0.3 is 5.97 Å². The third-order valence-electron chi connectivity index (χ3n) is 3.97. The monoisotopic (exact) mass is 294 g/mol. The lowest BCUT2D eigenvalue weighted by atomic mass is 10.2. The number of rotatable bonds is 4. The van der Waals surface area contributed by atoms with Crippen LogP contribution >= 0.6 is 11.8 Å². The van der Waals surface area contributed by atoms with Crippen molar-refractivity contribution < 1.29 is 14.7 Å². The lowest BCUT2D eigenvalue weighted by molar-refractivity contribution is -0.141. The molecule has 2 atom stereocenters. The maximum atomic E-state index is 12.8. The van der Waals surface area contributed by atoms with Crippen molar-refractivity contribution in [3.63, 3.8) is 0 Å². The standard InChI is InChI=1S/C14H18N2O3S/c1-2-15-7-3-4-10(15)12(17)16-11(14(18)19)8-20-13(16)9-5-6-9/h3-4,7,9,11,13H,2,5-6,8H2,1H3,(H,18,19). The van der Waals surface area contributed by atoms with Crippen LogP contribution in [0, 0.1) is 5.92 Å². The Balaban J connectivity index is 1.91. The number of nitrogens with zero attached hydrogens (tertiary/aromatic N) is 2. The smallest absolute Gasteiger partial charge is 0.327 e. The topological polar surface area (TPSA) is 62.5 Å². The molecule has 3 rings (SSSR count). The van der Waals surface area contributed by atoms with Crippen molar-refractivity contribution in [2.45, 2.75) is 37.7 Å². The molecule has 1 aromatic rings. The summed E-state index contributed by atoms with van der Waals surface area (Å²) >= 11 is 1.61. The number of thioether (sulfide) groups is 1. The molecule has 0 radical (unpaired) electrons. The minimum absolute atomic E-state index is 0.0313.